The van der Waals surface area contributed by atoms with Crippen LogP contribution in [0.15, 0.2) is 77.7 Å². The minimum Gasteiger partial charge on any atom is -0.405 e. The van der Waals surface area contributed by atoms with Gasteiger partial charge in [0, 0.05) is 17.3 Å². The molecule has 10 N–H and O–H groups in total. The molecule has 0 fully saturated rings. The average molecular weight is 507 g/mol. The van der Waals surface area contributed by atoms with E-state index in [1.54, 1.807) is 44.3 Å². The first kappa shape index (κ1) is 26.4. The molecule has 0 aliphatic rings. The molecule has 0 unspecified atom stereocenters. The summed E-state index contributed by atoms with van der Waals surface area (Å²) in [5.41, 5.74) is 18.6. The number of carbonyl (C=O) groups excluding carboxylic acids is 1. The summed E-state index contributed by atoms with van der Waals surface area (Å²) in [7, 11) is 0. The maximum Gasteiger partial charge on any atom is 0.251 e. The summed E-state index contributed by atoms with van der Waals surface area (Å²) in [5.74, 6) is 5.98. The van der Waals surface area contributed by atoms with Crippen LogP contribution < -0.4 is 28.4 Å². The molecule has 36 heavy (non-hydrogen) atoms. The summed E-state index contributed by atoms with van der Waals surface area (Å²) < 4.78 is 0. The molecular formula is C25H30N8O2S. The Morgan fingerprint density at radius 3 is 2.58 bits per heavy atom. The zero-order valence-electron chi connectivity index (χ0n) is 20.1. The second-order valence-corrected chi connectivity index (χ2v) is 9.43. The standard InChI is InChI=1S/C25H30N8O2S/c1-25(2,35)21(27)15-33(29)14-18-5-3-6-22(31-18)32-24-19(23(28)34)13-20(36-24)16-7-9-17(10-8-16)30-12-4-11-26/h3-13,15,35H,14,26-27,29H2,1-2H3,(H2,28,34)(H,31,32)/b11-4-,21-15-,30-12?. The summed E-state index contributed by atoms with van der Waals surface area (Å²) >= 11 is 1.39. The van der Waals surface area contributed by atoms with E-state index in [1.807, 2.05) is 30.3 Å². The summed E-state index contributed by atoms with van der Waals surface area (Å²) in [6.07, 6.45) is 6.12. The fourth-order valence-corrected chi connectivity index (χ4v) is 4.10. The first-order valence-electron chi connectivity index (χ1n) is 11.0. The van der Waals surface area contributed by atoms with Crippen molar-refractivity contribution in [3.63, 3.8) is 0 Å². The Bertz CT molecular complexity index is 1290. The lowest BCUT2D eigenvalue weighted by Gasteiger charge is -2.21. The van der Waals surface area contributed by atoms with Crippen LogP contribution in [0, 0.1) is 0 Å². The van der Waals surface area contributed by atoms with E-state index in [-0.39, 0.29) is 12.2 Å². The van der Waals surface area contributed by atoms with Crippen LogP contribution in [-0.4, -0.2) is 32.8 Å². The Kier molecular flexibility index (Phi) is 8.43. The highest BCUT2D eigenvalue weighted by Crippen LogP contribution is 2.37. The number of anilines is 2. The Morgan fingerprint density at radius 2 is 1.94 bits per heavy atom. The SMILES string of the molecule is CC(C)(O)/C(N)=C/N(N)Cc1cccc(Nc2sc(-c3ccc(N=C/C=C\N)cc3)cc2C(N)=O)n1. The number of benzene rings is 1. The lowest BCUT2D eigenvalue weighted by Crippen LogP contribution is -2.33. The fraction of sp³-hybridized carbons (Fsp3) is 0.160. The quantitative estimate of drug-likeness (QED) is 0.138. The molecule has 1 aromatic carbocycles. The van der Waals surface area contributed by atoms with Crippen LogP contribution in [0.1, 0.15) is 29.9 Å². The monoisotopic (exact) mass is 506 g/mol. The summed E-state index contributed by atoms with van der Waals surface area (Å²) in [4.78, 5) is 21.8. The van der Waals surface area contributed by atoms with E-state index >= 15 is 0 Å². The van der Waals surface area contributed by atoms with Crippen LogP contribution in [0.5, 0.6) is 0 Å². The van der Waals surface area contributed by atoms with E-state index in [2.05, 4.69) is 15.3 Å². The zero-order valence-corrected chi connectivity index (χ0v) is 20.9. The Hall–Kier alpha value is -4.19. The maximum absolute atomic E-state index is 12.1. The minimum atomic E-state index is -1.19. The van der Waals surface area contributed by atoms with Gasteiger partial charge in [0.15, 0.2) is 0 Å². The van der Waals surface area contributed by atoms with Crippen molar-refractivity contribution < 1.29 is 9.90 Å². The van der Waals surface area contributed by atoms with Gasteiger partial charge in [0.25, 0.3) is 5.91 Å². The van der Waals surface area contributed by atoms with Gasteiger partial charge in [-0.25, -0.2) is 10.8 Å². The highest BCUT2D eigenvalue weighted by molar-refractivity contribution is 7.19. The van der Waals surface area contributed by atoms with Crippen molar-refractivity contribution in [2.24, 2.45) is 28.0 Å². The third-order valence-corrected chi connectivity index (χ3v) is 6.07. The molecule has 2 heterocycles. The number of rotatable bonds is 10. The second kappa shape index (κ2) is 11.5. The van der Waals surface area contributed by atoms with Gasteiger partial charge in [-0.15, -0.1) is 11.3 Å². The predicted molar refractivity (Wildman–Crippen MR) is 146 cm³/mol. The van der Waals surface area contributed by atoms with Gasteiger partial charge in [0.2, 0.25) is 0 Å². The number of primary amides is 1. The maximum atomic E-state index is 12.1. The number of aromatic nitrogens is 1. The van der Waals surface area contributed by atoms with Gasteiger partial charge in [-0.1, -0.05) is 18.2 Å². The highest BCUT2D eigenvalue weighted by Gasteiger charge is 2.18. The van der Waals surface area contributed by atoms with Crippen molar-refractivity contribution >= 4 is 40.0 Å². The van der Waals surface area contributed by atoms with Gasteiger partial charge in [0.05, 0.1) is 34.8 Å². The predicted octanol–water partition coefficient (Wildman–Crippen LogP) is 3.07. The number of thiophene rings is 1. The molecule has 0 spiro atoms. The molecule has 3 aromatic rings. The number of carbonyl (C=O) groups is 1. The lowest BCUT2D eigenvalue weighted by atomic mass is 10.1. The topological polar surface area (TPSA) is 182 Å². The van der Waals surface area contributed by atoms with E-state index in [0.717, 1.165) is 16.1 Å². The van der Waals surface area contributed by atoms with Crippen molar-refractivity contribution in [2.75, 3.05) is 5.32 Å². The van der Waals surface area contributed by atoms with Crippen LogP contribution in [-0.2, 0) is 6.54 Å². The number of hydrogen-bond acceptors (Lipinski definition) is 10. The molecule has 2 aromatic heterocycles. The zero-order chi connectivity index (χ0) is 26.3. The minimum absolute atomic E-state index is 0.226. The molecule has 0 saturated heterocycles. The lowest BCUT2D eigenvalue weighted by molar-refractivity contribution is 0.100. The number of hydrazine groups is 1. The van der Waals surface area contributed by atoms with Crippen LogP contribution in [0.4, 0.5) is 16.5 Å². The first-order chi connectivity index (χ1) is 17.1. The fourth-order valence-electron chi connectivity index (χ4n) is 3.02. The number of hydrogen-bond donors (Lipinski definition) is 6. The smallest absolute Gasteiger partial charge is 0.251 e. The largest absolute Gasteiger partial charge is 0.405 e. The van der Waals surface area contributed by atoms with E-state index < -0.39 is 11.5 Å². The molecule has 3 rings (SSSR count). The van der Waals surface area contributed by atoms with Crippen LogP contribution in [0.2, 0.25) is 0 Å². The van der Waals surface area contributed by atoms with Crippen LogP contribution in [0.3, 0.4) is 0 Å². The molecule has 0 radical (unpaired) electrons. The number of nitrogens with two attached hydrogens (primary N) is 4. The van der Waals surface area contributed by atoms with Gasteiger partial charge in [-0.05, 0) is 62.0 Å². The molecule has 0 aliphatic heterocycles. The van der Waals surface area contributed by atoms with Gasteiger partial charge in [-0.2, -0.15) is 0 Å². The average Bonchev–Trinajstić information content (AvgIpc) is 3.23. The van der Waals surface area contributed by atoms with E-state index in [9.17, 15) is 9.90 Å². The van der Waals surface area contributed by atoms with Crippen LogP contribution in [0.25, 0.3) is 10.4 Å². The molecule has 0 aliphatic carbocycles. The van der Waals surface area contributed by atoms with Crippen molar-refractivity contribution in [2.45, 2.75) is 26.0 Å². The second-order valence-electron chi connectivity index (χ2n) is 8.38. The van der Waals surface area contributed by atoms with Gasteiger partial charge >= 0.3 is 0 Å². The first-order valence-corrected chi connectivity index (χ1v) is 11.8. The normalized spacial score (nSPS) is 12.4. The molecule has 1 amide bonds. The number of pyridine rings is 1. The number of nitrogens with one attached hydrogen (secondary N) is 1. The highest BCUT2D eigenvalue weighted by atomic mass is 32.1. The van der Waals surface area contributed by atoms with Crippen molar-refractivity contribution in [1.29, 1.82) is 0 Å². The van der Waals surface area contributed by atoms with Crippen LogP contribution >= 0.6 is 11.3 Å². The number of aliphatic hydroxyl groups is 1. The molecular weight excluding hydrogens is 476 g/mol. The third kappa shape index (κ3) is 7.15. The number of nitrogens with zero attached hydrogens (tertiary/aromatic N) is 3. The van der Waals surface area contributed by atoms with Gasteiger partial charge in [-0.3, -0.25) is 9.79 Å². The molecule has 0 atom stereocenters. The van der Waals surface area contributed by atoms with Gasteiger partial charge in [0.1, 0.15) is 10.8 Å². The number of allylic oxidation sites excluding steroid dienone is 1. The van der Waals surface area contributed by atoms with E-state index in [0.29, 0.717) is 22.1 Å². The molecule has 11 heteroatoms. The molecule has 10 nitrogen and oxygen atoms in total. The Morgan fingerprint density at radius 1 is 1.22 bits per heavy atom. The van der Waals surface area contributed by atoms with E-state index in [1.165, 1.54) is 28.7 Å². The van der Waals surface area contributed by atoms with Crippen molar-refractivity contribution in [3.8, 4) is 10.4 Å². The Labute approximate surface area is 213 Å². The number of aliphatic imine (C=N–C) groups is 1. The number of amides is 1. The Balaban J connectivity index is 1.80. The van der Waals surface area contributed by atoms with Crippen molar-refractivity contribution in [1.82, 2.24) is 9.99 Å². The molecule has 0 bridgehead atoms. The summed E-state index contributed by atoms with van der Waals surface area (Å²) in [6, 6.07) is 14.7. The summed E-state index contributed by atoms with van der Waals surface area (Å²) in [6.45, 7) is 3.40. The summed E-state index contributed by atoms with van der Waals surface area (Å²) in [5, 5.41) is 15.1. The third-order valence-electron chi connectivity index (χ3n) is 4.97. The molecule has 188 valence electrons. The van der Waals surface area contributed by atoms with Crippen molar-refractivity contribution in [3.05, 3.63) is 84.0 Å². The van der Waals surface area contributed by atoms with Gasteiger partial charge < -0.3 is 32.6 Å². The molecule has 0 saturated carbocycles. The van der Waals surface area contributed by atoms with E-state index in [4.69, 9.17) is 23.0 Å².